The summed E-state index contributed by atoms with van der Waals surface area (Å²) >= 11 is 0. The van der Waals surface area contributed by atoms with Crippen molar-refractivity contribution in [1.82, 2.24) is 0 Å². The molecule has 0 fully saturated rings. The molecule has 0 saturated carbocycles. The van der Waals surface area contributed by atoms with Crippen molar-refractivity contribution in [2.45, 2.75) is 45.5 Å². The number of hydrogen-bond acceptors (Lipinski definition) is 3. The predicted octanol–water partition coefficient (Wildman–Crippen LogP) is 2.38. The minimum absolute atomic E-state index is 0.0174. The van der Waals surface area contributed by atoms with Gasteiger partial charge in [-0.1, -0.05) is 29.3 Å². The summed E-state index contributed by atoms with van der Waals surface area (Å²) in [4.78, 5) is 0. The van der Waals surface area contributed by atoms with Crippen LogP contribution in [0.5, 0.6) is 0 Å². The Bertz CT molecular complexity index is 490. The third kappa shape index (κ3) is 5.65. The Kier molecular flexibility index (Phi) is 4.56. The molecule has 0 aliphatic carbocycles. The fourth-order valence-electron chi connectivity index (χ4n) is 1.88. The minimum Gasteiger partial charge on any atom is -0.390 e. The first-order valence-corrected chi connectivity index (χ1v) is 7.89. The largest absolute Gasteiger partial charge is 0.390 e. The van der Waals surface area contributed by atoms with Crippen molar-refractivity contribution in [2.24, 2.45) is 0 Å². The summed E-state index contributed by atoms with van der Waals surface area (Å²) in [5.74, 6) is 0.0646. The van der Waals surface area contributed by atoms with Crippen LogP contribution in [0.15, 0.2) is 18.2 Å². The van der Waals surface area contributed by atoms with Gasteiger partial charge >= 0.3 is 0 Å². The maximum absolute atomic E-state index is 12.0. The maximum Gasteiger partial charge on any atom is 0.154 e. The van der Waals surface area contributed by atoms with Crippen LogP contribution in [0.3, 0.4) is 0 Å². The monoisotopic (exact) mass is 270 g/mol. The van der Waals surface area contributed by atoms with E-state index < -0.39 is 15.4 Å². The molecule has 3 nitrogen and oxygen atoms in total. The van der Waals surface area contributed by atoms with Crippen molar-refractivity contribution in [1.29, 1.82) is 0 Å². The van der Waals surface area contributed by atoms with Crippen LogP contribution >= 0.6 is 0 Å². The highest BCUT2D eigenvalue weighted by molar-refractivity contribution is 7.90. The zero-order valence-corrected chi connectivity index (χ0v) is 12.3. The Labute approximate surface area is 110 Å². The highest BCUT2D eigenvalue weighted by Crippen LogP contribution is 2.15. The molecular formula is C14H22O3S. The molecule has 0 amide bonds. The van der Waals surface area contributed by atoms with Crippen LogP contribution in [0.2, 0.25) is 0 Å². The molecule has 0 aromatic heterocycles. The molecule has 0 spiro atoms. The molecule has 0 bridgehead atoms. The highest BCUT2D eigenvalue weighted by Gasteiger charge is 2.19. The molecule has 102 valence electrons. The molecule has 0 aliphatic rings. The van der Waals surface area contributed by atoms with Crippen LogP contribution < -0.4 is 0 Å². The number of rotatable bonds is 5. The third-order valence-electron chi connectivity index (χ3n) is 2.69. The van der Waals surface area contributed by atoms with E-state index in [2.05, 4.69) is 0 Å². The lowest BCUT2D eigenvalue weighted by atomic mass is 10.1. The summed E-state index contributed by atoms with van der Waals surface area (Å²) in [6, 6.07) is 5.82. The number of aliphatic hydroxyl groups is 1. The quantitative estimate of drug-likeness (QED) is 0.893. The summed E-state index contributed by atoms with van der Waals surface area (Å²) in [5, 5.41) is 9.57. The van der Waals surface area contributed by atoms with Gasteiger partial charge in [0.05, 0.1) is 17.1 Å². The van der Waals surface area contributed by atoms with Gasteiger partial charge < -0.3 is 5.11 Å². The smallest absolute Gasteiger partial charge is 0.154 e. The van der Waals surface area contributed by atoms with Crippen LogP contribution in [0, 0.1) is 13.8 Å². The summed E-state index contributed by atoms with van der Waals surface area (Å²) in [6.07, 6.45) is 0.264. The van der Waals surface area contributed by atoms with Crippen LogP contribution in [-0.4, -0.2) is 24.9 Å². The first-order chi connectivity index (χ1) is 8.07. The molecule has 1 aromatic rings. The van der Waals surface area contributed by atoms with Gasteiger partial charge in [0.1, 0.15) is 0 Å². The van der Waals surface area contributed by atoms with E-state index in [-0.39, 0.29) is 17.9 Å². The second kappa shape index (κ2) is 5.41. The van der Waals surface area contributed by atoms with Crippen LogP contribution in [0.1, 0.15) is 37.0 Å². The zero-order chi connectivity index (χ0) is 14.0. The Morgan fingerprint density at radius 2 is 1.61 bits per heavy atom. The Morgan fingerprint density at radius 3 is 2.06 bits per heavy atom. The lowest BCUT2D eigenvalue weighted by Crippen LogP contribution is -2.24. The van der Waals surface area contributed by atoms with Crippen molar-refractivity contribution in [3.8, 4) is 0 Å². The Balaban J connectivity index is 2.76. The average molecular weight is 270 g/mol. The van der Waals surface area contributed by atoms with E-state index in [1.165, 1.54) is 0 Å². The number of benzene rings is 1. The van der Waals surface area contributed by atoms with E-state index in [0.717, 1.165) is 16.7 Å². The van der Waals surface area contributed by atoms with Gasteiger partial charge in [-0.25, -0.2) is 8.42 Å². The van der Waals surface area contributed by atoms with Gasteiger partial charge in [-0.05, 0) is 39.7 Å². The van der Waals surface area contributed by atoms with E-state index in [0.29, 0.717) is 0 Å². The molecule has 1 N–H and O–H groups in total. The van der Waals surface area contributed by atoms with Crippen LogP contribution in [0.25, 0.3) is 0 Å². The van der Waals surface area contributed by atoms with E-state index in [1.807, 2.05) is 32.0 Å². The minimum atomic E-state index is -3.16. The summed E-state index contributed by atoms with van der Waals surface area (Å²) < 4.78 is 23.9. The maximum atomic E-state index is 12.0. The molecule has 0 aliphatic heterocycles. The van der Waals surface area contributed by atoms with Crippen molar-refractivity contribution in [3.63, 3.8) is 0 Å². The zero-order valence-electron chi connectivity index (χ0n) is 11.5. The summed E-state index contributed by atoms with van der Waals surface area (Å²) in [6.45, 7) is 7.17. The first kappa shape index (κ1) is 15.2. The van der Waals surface area contributed by atoms with Crippen LogP contribution in [0.4, 0.5) is 0 Å². The van der Waals surface area contributed by atoms with Gasteiger partial charge in [0.2, 0.25) is 0 Å². The van der Waals surface area contributed by atoms with E-state index in [9.17, 15) is 13.5 Å². The van der Waals surface area contributed by atoms with E-state index in [4.69, 9.17) is 0 Å². The molecule has 0 atom stereocenters. The molecule has 18 heavy (non-hydrogen) atoms. The van der Waals surface area contributed by atoms with Gasteiger partial charge in [-0.2, -0.15) is 0 Å². The molecule has 0 heterocycles. The highest BCUT2D eigenvalue weighted by atomic mass is 32.2. The van der Waals surface area contributed by atoms with E-state index in [1.54, 1.807) is 13.8 Å². The van der Waals surface area contributed by atoms with Gasteiger partial charge in [0.25, 0.3) is 0 Å². The molecule has 0 radical (unpaired) electrons. The number of sulfone groups is 1. The summed E-state index contributed by atoms with van der Waals surface area (Å²) in [5.41, 5.74) is 2.03. The van der Waals surface area contributed by atoms with Gasteiger partial charge in [0.15, 0.2) is 9.84 Å². The second-order valence-corrected chi connectivity index (χ2v) is 7.83. The third-order valence-corrected chi connectivity index (χ3v) is 4.29. The van der Waals surface area contributed by atoms with Gasteiger partial charge in [0, 0.05) is 0 Å². The average Bonchev–Trinajstić information content (AvgIpc) is 2.11. The lowest BCUT2D eigenvalue weighted by molar-refractivity contribution is 0.0772. The van der Waals surface area contributed by atoms with Gasteiger partial charge in [-0.15, -0.1) is 0 Å². The molecular weight excluding hydrogens is 248 g/mol. The molecule has 0 saturated heterocycles. The standard InChI is InChI=1S/C14H22O3S/c1-11-7-12(2)9-13(8-11)10-18(16,17)6-5-14(3,4)15/h7-9,15H,5-6,10H2,1-4H3. The van der Waals surface area contributed by atoms with Crippen molar-refractivity contribution < 1.29 is 13.5 Å². The van der Waals surface area contributed by atoms with Crippen molar-refractivity contribution in [3.05, 3.63) is 34.9 Å². The van der Waals surface area contributed by atoms with Gasteiger partial charge in [-0.3, -0.25) is 0 Å². The lowest BCUT2D eigenvalue weighted by Gasteiger charge is -2.16. The normalized spacial score (nSPS) is 12.7. The SMILES string of the molecule is Cc1cc(C)cc(CS(=O)(=O)CCC(C)(C)O)c1. The second-order valence-electron chi connectivity index (χ2n) is 5.65. The first-order valence-electron chi connectivity index (χ1n) is 6.07. The van der Waals surface area contributed by atoms with Crippen molar-refractivity contribution >= 4 is 9.84 Å². The Hall–Kier alpha value is -0.870. The molecule has 4 heteroatoms. The number of aryl methyl sites for hydroxylation is 2. The summed E-state index contributed by atoms with van der Waals surface area (Å²) in [7, 11) is -3.16. The molecule has 0 unspecified atom stereocenters. The Morgan fingerprint density at radius 1 is 1.11 bits per heavy atom. The fraction of sp³-hybridized carbons (Fsp3) is 0.571. The predicted molar refractivity (Wildman–Crippen MR) is 74.3 cm³/mol. The van der Waals surface area contributed by atoms with E-state index >= 15 is 0 Å². The van der Waals surface area contributed by atoms with Crippen LogP contribution in [-0.2, 0) is 15.6 Å². The fourth-order valence-corrected chi connectivity index (χ4v) is 3.51. The number of hydrogen-bond donors (Lipinski definition) is 1. The molecule has 1 aromatic carbocycles. The topological polar surface area (TPSA) is 54.4 Å². The molecule has 1 rings (SSSR count). The van der Waals surface area contributed by atoms with Crippen molar-refractivity contribution in [2.75, 3.05) is 5.75 Å².